The highest BCUT2D eigenvalue weighted by molar-refractivity contribution is 9.10. The molecule has 3 heteroatoms. The van der Waals surface area contributed by atoms with Gasteiger partial charge in [0, 0.05) is 4.88 Å². The molecule has 66 valence electrons. The van der Waals surface area contributed by atoms with Crippen LogP contribution in [0.25, 0.3) is 0 Å². The lowest BCUT2D eigenvalue weighted by Crippen LogP contribution is -2.08. The van der Waals surface area contributed by atoms with Crippen LogP contribution in [0.1, 0.15) is 27.0 Å². The Morgan fingerprint density at radius 3 is 2.50 bits per heavy atom. The van der Waals surface area contributed by atoms with Crippen molar-refractivity contribution in [1.82, 2.24) is 0 Å². The first-order valence-corrected chi connectivity index (χ1v) is 5.51. The van der Waals surface area contributed by atoms with Gasteiger partial charge in [0.1, 0.15) is 0 Å². The van der Waals surface area contributed by atoms with Gasteiger partial charge < -0.3 is 0 Å². The molecular formula is C9H11BrOS. The predicted octanol–water partition coefficient (Wildman–Crippen LogP) is 3.33. The maximum absolute atomic E-state index is 11.5. The van der Waals surface area contributed by atoms with Gasteiger partial charge in [-0.3, -0.25) is 4.79 Å². The minimum Gasteiger partial charge on any atom is -0.292 e. The minimum atomic E-state index is -0.0748. The molecule has 0 aliphatic rings. The summed E-state index contributed by atoms with van der Waals surface area (Å²) < 4.78 is 0. The van der Waals surface area contributed by atoms with Gasteiger partial charge in [0.15, 0.2) is 5.78 Å². The number of Topliss-reactive ketones (excluding diaryl/α,β-unsaturated/α-hetero) is 1. The topological polar surface area (TPSA) is 17.1 Å². The van der Waals surface area contributed by atoms with E-state index in [1.54, 1.807) is 11.3 Å². The van der Waals surface area contributed by atoms with Gasteiger partial charge in [-0.25, -0.2) is 0 Å². The molecule has 0 bridgehead atoms. The van der Waals surface area contributed by atoms with Crippen molar-refractivity contribution in [3.8, 4) is 0 Å². The van der Waals surface area contributed by atoms with Crippen LogP contribution in [0.5, 0.6) is 0 Å². The summed E-state index contributed by atoms with van der Waals surface area (Å²) in [6.45, 7) is 5.86. The molecule has 1 atom stereocenters. The largest absolute Gasteiger partial charge is 0.292 e. The van der Waals surface area contributed by atoms with Crippen molar-refractivity contribution >= 4 is 33.0 Å². The van der Waals surface area contributed by atoms with E-state index in [4.69, 9.17) is 0 Å². The van der Waals surface area contributed by atoms with Gasteiger partial charge in [-0.2, -0.15) is 0 Å². The van der Waals surface area contributed by atoms with Crippen LogP contribution in [0.15, 0.2) is 6.07 Å². The number of thiophene rings is 1. The summed E-state index contributed by atoms with van der Waals surface area (Å²) in [6.07, 6.45) is 0. The number of ketones is 1. The van der Waals surface area contributed by atoms with Crippen molar-refractivity contribution in [2.24, 2.45) is 0 Å². The zero-order valence-electron chi connectivity index (χ0n) is 7.35. The predicted molar refractivity (Wildman–Crippen MR) is 56.5 cm³/mol. The van der Waals surface area contributed by atoms with E-state index in [0.717, 1.165) is 10.4 Å². The summed E-state index contributed by atoms with van der Waals surface area (Å²) >= 11 is 4.85. The second-order valence-corrected chi connectivity index (χ2v) is 5.48. The number of aryl methyl sites for hydroxylation is 2. The Hall–Kier alpha value is -0.150. The number of rotatable bonds is 2. The molecule has 0 amide bonds. The molecule has 0 N–H and O–H groups in total. The molecule has 1 nitrogen and oxygen atoms in total. The number of carbonyl (C=O) groups is 1. The van der Waals surface area contributed by atoms with Crippen LogP contribution < -0.4 is 0 Å². The highest BCUT2D eigenvalue weighted by Gasteiger charge is 2.16. The second kappa shape index (κ2) is 3.71. The number of carbonyl (C=O) groups excluding carboxylic acids is 1. The lowest BCUT2D eigenvalue weighted by Gasteiger charge is -1.99. The summed E-state index contributed by atoms with van der Waals surface area (Å²) in [4.78, 5) is 13.6. The van der Waals surface area contributed by atoms with Crippen molar-refractivity contribution in [1.29, 1.82) is 0 Å². The molecule has 0 aliphatic heterocycles. The lowest BCUT2D eigenvalue weighted by molar-refractivity contribution is 0.0999. The standard InChI is InChI=1S/C9H11BrOS/c1-5-4-6(2)12-9(5)8(11)7(3)10/h4,7H,1-3H3. The molecule has 1 aromatic rings. The third-order valence-corrected chi connectivity index (χ3v) is 3.21. The van der Waals surface area contributed by atoms with E-state index in [0.29, 0.717) is 0 Å². The van der Waals surface area contributed by atoms with Crippen molar-refractivity contribution in [2.75, 3.05) is 0 Å². The highest BCUT2D eigenvalue weighted by Crippen LogP contribution is 2.23. The molecule has 0 spiro atoms. The van der Waals surface area contributed by atoms with Crippen LogP contribution >= 0.6 is 27.3 Å². The zero-order chi connectivity index (χ0) is 9.30. The Labute approximate surface area is 84.9 Å². The first-order chi connectivity index (χ1) is 5.52. The van der Waals surface area contributed by atoms with Crippen molar-refractivity contribution < 1.29 is 4.79 Å². The highest BCUT2D eigenvalue weighted by atomic mass is 79.9. The van der Waals surface area contributed by atoms with E-state index in [1.165, 1.54) is 4.88 Å². The molecule has 1 heterocycles. The summed E-state index contributed by atoms with van der Waals surface area (Å²) in [7, 11) is 0. The van der Waals surface area contributed by atoms with Gasteiger partial charge in [0.2, 0.25) is 0 Å². The maximum atomic E-state index is 11.5. The molecule has 1 aromatic heterocycles. The molecule has 0 saturated heterocycles. The third kappa shape index (κ3) is 1.96. The smallest absolute Gasteiger partial charge is 0.186 e. The molecule has 0 saturated carbocycles. The van der Waals surface area contributed by atoms with Crippen molar-refractivity contribution in [3.63, 3.8) is 0 Å². The van der Waals surface area contributed by atoms with Crippen molar-refractivity contribution in [3.05, 3.63) is 21.4 Å². The fraction of sp³-hybridized carbons (Fsp3) is 0.444. The third-order valence-electron chi connectivity index (χ3n) is 1.63. The van der Waals surface area contributed by atoms with E-state index >= 15 is 0 Å². The molecule has 0 aromatic carbocycles. The Bertz CT molecular complexity index is 301. The average Bonchev–Trinajstić information content (AvgIpc) is 2.28. The fourth-order valence-corrected chi connectivity index (χ4v) is 2.50. The average molecular weight is 247 g/mol. The van der Waals surface area contributed by atoms with E-state index in [-0.39, 0.29) is 10.6 Å². The molecule has 1 unspecified atom stereocenters. The minimum absolute atomic E-state index is 0.0748. The van der Waals surface area contributed by atoms with E-state index in [1.807, 2.05) is 26.8 Å². The normalized spacial score (nSPS) is 13.0. The number of hydrogen-bond donors (Lipinski definition) is 0. The molecule has 0 aliphatic carbocycles. The number of halogens is 1. The lowest BCUT2D eigenvalue weighted by atomic mass is 10.2. The van der Waals surface area contributed by atoms with E-state index < -0.39 is 0 Å². The summed E-state index contributed by atoms with van der Waals surface area (Å²) in [5.74, 6) is 0.186. The van der Waals surface area contributed by atoms with Crippen LogP contribution in [-0.2, 0) is 0 Å². The quantitative estimate of drug-likeness (QED) is 0.578. The zero-order valence-corrected chi connectivity index (χ0v) is 9.75. The molecule has 1 rings (SSSR count). The van der Waals surface area contributed by atoms with Gasteiger partial charge in [-0.1, -0.05) is 15.9 Å². The van der Waals surface area contributed by atoms with Gasteiger partial charge >= 0.3 is 0 Å². The Balaban J connectivity index is 3.02. The van der Waals surface area contributed by atoms with E-state index in [9.17, 15) is 4.79 Å². The second-order valence-electron chi connectivity index (χ2n) is 2.85. The Kier molecular flexibility index (Phi) is 3.07. The summed E-state index contributed by atoms with van der Waals surface area (Å²) in [5, 5.41) is 0. The van der Waals surface area contributed by atoms with E-state index in [2.05, 4.69) is 15.9 Å². The first-order valence-electron chi connectivity index (χ1n) is 3.77. The monoisotopic (exact) mass is 246 g/mol. The first kappa shape index (κ1) is 9.93. The van der Waals surface area contributed by atoms with Gasteiger partial charge in [-0.05, 0) is 32.4 Å². The number of hydrogen-bond acceptors (Lipinski definition) is 2. The molecule has 0 fully saturated rings. The van der Waals surface area contributed by atoms with Crippen LogP contribution in [-0.4, -0.2) is 10.6 Å². The van der Waals surface area contributed by atoms with Crippen LogP contribution in [0.4, 0.5) is 0 Å². The van der Waals surface area contributed by atoms with Crippen LogP contribution in [0.3, 0.4) is 0 Å². The van der Waals surface area contributed by atoms with Crippen LogP contribution in [0.2, 0.25) is 0 Å². The summed E-state index contributed by atoms with van der Waals surface area (Å²) in [6, 6.07) is 2.05. The molecule has 0 radical (unpaired) electrons. The van der Waals surface area contributed by atoms with Gasteiger partial charge in [0.05, 0.1) is 9.70 Å². The summed E-state index contributed by atoms with van der Waals surface area (Å²) in [5.41, 5.74) is 1.09. The Morgan fingerprint density at radius 1 is 1.58 bits per heavy atom. The fourth-order valence-electron chi connectivity index (χ4n) is 1.07. The maximum Gasteiger partial charge on any atom is 0.186 e. The Morgan fingerprint density at radius 2 is 2.17 bits per heavy atom. The SMILES string of the molecule is Cc1cc(C)c(C(=O)C(C)Br)s1. The van der Waals surface area contributed by atoms with Gasteiger partial charge in [-0.15, -0.1) is 11.3 Å². The van der Waals surface area contributed by atoms with Gasteiger partial charge in [0.25, 0.3) is 0 Å². The number of alkyl halides is 1. The van der Waals surface area contributed by atoms with Crippen LogP contribution in [0, 0.1) is 13.8 Å². The molecular weight excluding hydrogens is 236 g/mol. The molecule has 12 heavy (non-hydrogen) atoms. The van der Waals surface area contributed by atoms with Crippen molar-refractivity contribution in [2.45, 2.75) is 25.6 Å².